The molecule has 5 heteroatoms. The van der Waals surface area contributed by atoms with Gasteiger partial charge in [0, 0.05) is 20.0 Å². The molecule has 0 atom stereocenters. The second-order valence-electron chi connectivity index (χ2n) is 4.56. The van der Waals surface area contributed by atoms with Gasteiger partial charge in [0.2, 0.25) is 11.8 Å². The van der Waals surface area contributed by atoms with Gasteiger partial charge in [-0.15, -0.1) is 0 Å². The molecule has 0 fully saturated rings. The third-order valence-electron chi connectivity index (χ3n) is 2.82. The molecular formula is C15H22N2O3. The van der Waals surface area contributed by atoms with E-state index >= 15 is 0 Å². The Balaban J connectivity index is 2.15. The topological polar surface area (TPSA) is 67.4 Å². The Hall–Kier alpha value is -2.04. The van der Waals surface area contributed by atoms with Gasteiger partial charge in [-0.25, -0.2) is 0 Å². The molecule has 0 heterocycles. The smallest absolute Gasteiger partial charge is 0.224 e. The molecule has 2 N–H and O–H groups in total. The zero-order valence-corrected chi connectivity index (χ0v) is 12.1. The fourth-order valence-electron chi connectivity index (χ4n) is 1.73. The van der Waals surface area contributed by atoms with Crippen LogP contribution in [-0.4, -0.2) is 32.0 Å². The zero-order chi connectivity index (χ0) is 14.8. The molecule has 1 rings (SSSR count). The van der Waals surface area contributed by atoms with Crippen molar-refractivity contribution < 1.29 is 14.3 Å². The molecule has 110 valence electrons. The molecule has 0 bridgehead atoms. The zero-order valence-electron chi connectivity index (χ0n) is 12.1. The number of rotatable bonds is 8. The molecule has 0 spiro atoms. The molecule has 1 aromatic rings. The summed E-state index contributed by atoms with van der Waals surface area (Å²) in [4.78, 5) is 22.3. The largest absolute Gasteiger partial charge is 0.497 e. The van der Waals surface area contributed by atoms with Crippen LogP contribution in [0.1, 0.15) is 25.3 Å². The summed E-state index contributed by atoms with van der Waals surface area (Å²) in [5.41, 5.74) is 0.960. The molecule has 0 radical (unpaired) electrons. The summed E-state index contributed by atoms with van der Waals surface area (Å²) in [6, 6.07) is 7.45. The van der Waals surface area contributed by atoms with E-state index in [0.29, 0.717) is 19.5 Å². The van der Waals surface area contributed by atoms with E-state index in [1.165, 1.54) is 6.92 Å². The van der Waals surface area contributed by atoms with Gasteiger partial charge in [0.15, 0.2) is 0 Å². The molecule has 2 amide bonds. The van der Waals surface area contributed by atoms with E-state index in [2.05, 4.69) is 10.6 Å². The Kier molecular flexibility index (Phi) is 7.17. The molecule has 20 heavy (non-hydrogen) atoms. The fraction of sp³-hybridized carbons (Fsp3) is 0.467. The number of hydrogen-bond acceptors (Lipinski definition) is 3. The van der Waals surface area contributed by atoms with Crippen molar-refractivity contribution >= 4 is 11.8 Å². The van der Waals surface area contributed by atoms with Crippen LogP contribution in [0.15, 0.2) is 24.3 Å². The highest BCUT2D eigenvalue weighted by Gasteiger charge is 2.03. The summed E-state index contributed by atoms with van der Waals surface area (Å²) in [6.07, 6.45) is 2.09. The molecular weight excluding hydrogens is 256 g/mol. The molecule has 0 aromatic heterocycles. The Labute approximate surface area is 119 Å². The minimum absolute atomic E-state index is 0.00898. The minimum atomic E-state index is -0.0199. The van der Waals surface area contributed by atoms with Gasteiger partial charge in [-0.05, 0) is 30.5 Å². The number of carbonyl (C=O) groups is 2. The number of methoxy groups -OCH3 is 1. The van der Waals surface area contributed by atoms with Gasteiger partial charge in [-0.1, -0.05) is 12.1 Å². The molecule has 0 aliphatic carbocycles. The number of hydrogen-bond donors (Lipinski definition) is 2. The van der Waals surface area contributed by atoms with Crippen molar-refractivity contribution in [3.63, 3.8) is 0 Å². The molecule has 0 saturated heterocycles. The Morgan fingerprint density at radius 3 is 2.20 bits per heavy atom. The van der Waals surface area contributed by atoms with Gasteiger partial charge >= 0.3 is 0 Å². The van der Waals surface area contributed by atoms with Gasteiger partial charge in [-0.3, -0.25) is 9.59 Å². The number of amides is 2. The van der Waals surface area contributed by atoms with Crippen LogP contribution in [0.25, 0.3) is 0 Å². The van der Waals surface area contributed by atoms with Crippen LogP contribution in [0.2, 0.25) is 0 Å². The molecule has 1 aromatic carbocycles. The maximum absolute atomic E-state index is 11.7. The third kappa shape index (κ3) is 6.78. The molecule has 0 unspecified atom stereocenters. The van der Waals surface area contributed by atoms with Crippen LogP contribution in [0, 0.1) is 0 Å². The lowest BCUT2D eigenvalue weighted by atomic mass is 10.1. The van der Waals surface area contributed by atoms with Gasteiger partial charge in [0.05, 0.1) is 13.5 Å². The number of nitrogens with one attached hydrogen (secondary N) is 2. The summed E-state index contributed by atoms with van der Waals surface area (Å²) in [5.74, 6) is 0.773. The van der Waals surface area contributed by atoms with Crippen molar-refractivity contribution in [2.24, 2.45) is 0 Å². The first-order valence-corrected chi connectivity index (χ1v) is 6.76. The van der Waals surface area contributed by atoms with Crippen LogP contribution >= 0.6 is 0 Å². The number of benzene rings is 1. The normalized spacial score (nSPS) is 9.90. The summed E-state index contributed by atoms with van der Waals surface area (Å²) in [5, 5.41) is 5.59. The van der Waals surface area contributed by atoms with Crippen LogP contribution < -0.4 is 15.4 Å². The van der Waals surface area contributed by atoms with Gasteiger partial charge in [0.1, 0.15) is 5.75 Å². The van der Waals surface area contributed by atoms with Crippen molar-refractivity contribution in [1.29, 1.82) is 0 Å². The molecule has 0 aliphatic rings. The van der Waals surface area contributed by atoms with E-state index < -0.39 is 0 Å². The van der Waals surface area contributed by atoms with E-state index in [1.54, 1.807) is 7.11 Å². The van der Waals surface area contributed by atoms with Gasteiger partial charge in [-0.2, -0.15) is 0 Å². The average Bonchev–Trinajstić information content (AvgIpc) is 2.43. The predicted molar refractivity (Wildman–Crippen MR) is 77.6 cm³/mol. The standard InChI is InChI=1S/C15H22N2O3/c1-12(18)16-9-3-4-10-17-15(19)11-13-5-7-14(20-2)8-6-13/h5-8H,3-4,9-11H2,1-2H3,(H,16,18)(H,17,19). The molecule has 0 saturated carbocycles. The summed E-state index contributed by atoms with van der Waals surface area (Å²) in [7, 11) is 1.61. The van der Waals surface area contributed by atoms with Crippen LogP contribution in [0.3, 0.4) is 0 Å². The fourth-order valence-corrected chi connectivity index (χ4v) is 1.73. The summed E-state index contributed by atoms with van der Waals surface area (Å²) < 4.78 is 5.06. The minimum Gasteiger partial charge on any atom is -0.497 e. The van der Waals surface area contributed by atoms with E-state index in [-0.39, 0.29) is 11.8 Å². The molecule has 5 nitrogen and oxygen atoms in total. The van der Waals surface area contributed by atoms with E-state index in [1.807, 2.05) is 24.3 Å². The maximum Gasteiger partial charge on any atom is 0.224 e. The van der Waals surface area contributed by atoms with Crippen molar-refractivity contribution in [3.8, 4) is 5.75 Å². The van der Waals surface area contributed by atoms with Crippen molar-refractivity contribution in [3.05, 3.63) is 29.8 Å². The first-order chi connectivity index (χ1) is 9.61. The Morgan fingerprint density at radius 2 is 1.65 bits per heavy atom. The highest BCUT2D eigenvalue weighted by Crippen LogP contribution is 2.11. The average molecular weight is 278 g/mol. The molecule has 0 aliphatic heterocycles. The highest BCUT2D eigenvalue weighted by atomic mass is 16.5. The second kappa shape index (κ2) is 8.96. The van der Waals surface area contributed by atoms with Crippen LogP contribution in [-0.2, 0) is 16.0 Å². The Morgan fingerprint density at radius 1 is 1.05 bits per heavy atom. The first kappa shape index (κ1) is 16.0. The number of unbranched alkanes of at least 4 members (excludes halogenated alkanes) is 1. The van der Waals surface area contributed by atoms with Crippen molar-refractivity contribution in [2.75, 3.05) is 20.2 Å². The Bertz CT molecular complexity index is 429. The second-order valence-corrected chi connectivity index (χ2v) is 4.56. The van der Waals surface area contributed by atoms with E-state index in [0.717, 1.165) is 24.2 Å². The van der Waals surface area contributed by atoms with E-state index in [9.17, 15) is 9.59 Å². The third-order valence-corrected chi connectivity index (χ3v) is 2.82. The van der Waals surface area contributed by atoms with Gasteiger partial charge in [0.25, 0.3) is 0 Å². The van der Waals surface area contributed by atoms with E-state index in [4.69, 9.17) is 4.74 Å². The van der Waals surface area contributed by atoms with Crippen molar-refractivity contribution in [2.45, 2.75) is 26.2 Å². The first-order valence-electron chi connectivity index (χ1n) is 6.76. The van der Waals surface area contributed by atoms with Crippen molar-refractivity contribution in [1.82, 2.24) is 10.6 Å². The van der Waals surface area contributed by atoms with Crippen LogP contribution in [0.4, 0.5) is 0 Å². The summed E-state index contributed by atoms with van der Waals surface area (Å²) >= 11 is 0. The highest BCUT2D eigenvalue weighted by molar-refractivity contribution is 5.78. The maximum atomic E-state index is 11.7. The van der Waals surface area contributed by atoms with Gasteiger partial charge < -0.3 is 15.4 Å². The summed E-state index contributed by atoms with van der Waals surface area (Å²) in [6.45, 7) is 2.79. The van der Waals surface area contributed by atoms with Crippen LogP contribution in [0.5, 0.6) is 5.75 Å². The lowest BCUT2D eigenvalue weighted by molar-refractivity contribution is -0.121. The monoisotopic (exact) mass is 278 g/mol. The number of ether oxygens (including phenoxy) is 1. The lowest BCUT2D eigenvalue weighted by Crippen LogP contribution is -2.27. The lowest BCUT2D eigenvalue weighted by Gasteiger charge is -2.06. The quantitative estimate of drug-likeness (QED) is 0.704. The SMILES string of the molecule is COc1ccc(CC(=O)NCCCCNC(C)=O)cc1. The number of carbonyl (C=O) groups excluding carboxylic acids is 2. The predicted octanol–water partition coefficient (Wildman–Crippen LogP) is 1.27.